The smallest absolute Gasteiger partial charge is 0.343 e. The molecule has 0 fully saturated rings. The number of anilines is 1. The summed E-state index contributed by atoms with van der Waals surface area (Å²) in [4.78, 5) is 12.5. The summed E-state index contributed by atoms with van der Waals surface area (Å²) in [6.07, 6.45) is 1.54. The zero-order chi connectivity index (χ0) is 23.6. The fraction of sp³-hybridized carbons (Fsp3) is 0.125. The molecule has 0 bridgehead atoms. The number of halogens is 1. The molecule has 0 spiro atoms. The summed E-state index contributed by atoms with van der Waals surface area (Å²) < 4.78 is 29.2. The van der Waals surface area contributed by atoms with Crippen LogP contribution in [0, 0.1) is 5.82 Å². The molecule has 9 heteroatoms. The average Bonchev–Trinajstić information content (AvgIpc) is 2.82. The van der Waals surface area contributed by atoms with E-state index >= 15 is 0 Å². The van der Waals surface area contributed by atoms with Crippen LogP contribution in [-0.4, -0.2) is 31.0 Å². The largest absolute Gasteiger partial charge is 0.497 e. The molecule has 0 aliphatic carbocycles. The fourth-order valence-corrected chi connectivity index (χ4v) is 2.87. The molecule has 0 heterocycles. The fourth-order valence-electron chi connectivity index (χ4n) is 2.70. The van der Waals surface area contributed by atoms with Crippen LogP contribution in [0.15, 0.2) is 71.8 Å². The van der Waals surface area contributed by atoms with E-state index in [2.05, 4.69) is 15.8 Å². The minimum atomic E-state index is -0.515. The van der Waals surface area contributed by atoms with E-state index in [9.17, 15) is 9.18 Å². The Morgan fingerprint density at radius 2 is 1.79 bits per heavy atom. The Kier molecular flexibility index (Phi) is 8.31. The van der Waals surface area contributed by atoms with E-state index in [1.807, 2.05) is 6.92 Å². The van der Waals surface area contributed by atoms with Crippen molar-refractivity contribution in [2.45, 2.75) is 6.92 Å². The van der Waals surface area contributed by atoms with Crippen molar-refractivity contribution in [2.24, 2.45) is 5.10 Å². The number of hydrogen-bond acceptors (Lipinski definition) is 6. The predicted molar refractivity (Wildman–Crippen MR) is 129 cm³/mol. The van der Waals surface area contributed by atoms with Gasteiger partial charge in [-0.1, -0.05) is 0 Å². The van der Waals surface area contributed by atoms with Crippen molar-refractivity contribution in [1.82, 2.24) is 5.43 Å². The number of carbonyl (C=O) groups excluding carboxylic acids is 1. The van der Waals surface area contributed by atoms with E-state index in [0.717, 1.165) is 0 Å². The Balaban J connectivity index is 1.63. The van der Waals surface area contributed by atoms with Crippen molar-refractivity contribution >= 4 is 35.2 Å². The molecule has 0 saturated heterocycles. The third-order valence-corrected chi connectivity index (χ3v) is 4.47. The third kappa shape index (κ3) is 7.01. The van der Waals surface area contributed by atoms with Crippen molar-refractivity contribution in [3.63, 3.8) is 0 Å². The second kappa shape index (κ2) is 11.6. The van der Waals surface area contributed by atoms with Gasteiger partial charge in [-0.05, 0) is 91.4 Å². The van der Waals surface area contributed by atoms with E-state index in [-0.39, 0.29) is 16.7 Å². The molecule has 0 radical (unpaired) electrons. The summed E-state index contributed by atoms with van der Waals surface area (Å²) in [5, 5.41) is 7.22. The van der Waals surface area contributed by atoms with Crippen LogP contribution in [0.3, 0.4) is 0 Å². The van der Waals surface area contributed by atoms with Crippen molar-refractivity contribution in [3.05, 3.63) is 83.7 Å². The van der Waals surface area contributed by atoms with Gasteiger partial charge in [0, 0.05) is 5.69 Å². The van der Waals surface area contributed by atoms with Crippen molar-refractivity contribution < 1.29 is 23.4 Å². The number of methoxy groups -OCH3 is 1. The van der Waals surface area contributed by atoms with Gasteiger partial charge in [-0.3, -0.25) is 5.43 Å². The highest BCUT2D eigenvalue weighted by molar-refractivity contribution is 7.80. The van der Waals surface area contributed by atoms with Crippen LogP contribution >= 0.6 is 12.2 Å². The number of nitrogens with zero attached hydrogens (tertiary/aromatic N) is 1. The number of hydrazone groups is 1. The highest BCUT2D eigenvalue weighted by Crippen LogP contribution is 2.29. The first-order valence-electron chi connectivity index (χ1n) is 9.97. The molecule has 0 saturated carbocycles. The quantitative estimate of drug-likeness (QED) is 0.162. The Morgan fingerprint density at radius 3 is 2.45 bits per heavy atom. The van der Waals surface area contributed by atoms with Crippen LogP contribution in [0.25, 0.3) is 0 Å². The molecule has 0 aliphatic rings. The number of ether oxygens (including phenoxy) is 3. The van der Waals surface area contributed by atoms with Crippen LogP contribution in [-0.2, 0) is 0 Å². The number of carbonyl (C=O) groups is 1. The standard InChI is InChI=1S/C24H22FN3O4S/c1-3-31-22-14-16(15-26-28-24(33)27-19-9-7-18(25)8-10-19)4-13-21(22)32-23(29)17-5-11-20(30-2)12-6-17/h4-15H,3H2,1-2H3,(H2,27,28,33). The Labute approximate surface area is 196 Å². The van der Waals surface area contributed by atoms with E-state index in [0.29, 0.717) is 34.9 Å². The normalized spacial score (nSPS) is 10.5. The first-order valence-corrected chi connectivity index (χ1v) is 10.4. The number of nitrogens with one attached hydrogen (secondary N) is 2. The summed E-state index contributed by atoms with van der Waals surface area (Å²) in [5.74, 6) is 0.484. The second-order valence-corrected chi connectivity index (χ2v) is 7.00. The molecule has 3 aromatic rings. The summed E-state index contributed by atoms with van der Waals surface area (Å²) >= 11 is 5.16. The molecule has 0 amide bonds. The van der Waals surface area contributed by atoms with E-state index in [4.69, 9.17) is 26.4 Å². The molecule has 3 rings (SSSR count). The van der Waals surface area contributed by atoms with Gasteiger partial charge < -0.3 is 19.5 Å². The summed E-state index contributed by atoms with van der Waals surface area (Å²) in [6.45, 7) is 2.22. The molecule has 3 aromatic carbocycles. The van der Waals surface area contributed by atoms with E-state index in [1.54, 1.807) is 61.7 Å². The molecular formula is C24H22FN3O4S. The minimum absolute atomic E-state index is 0.243. The highest BCUT2D eigenvalue weighted by Gasteiger charge is 2.13. The predicted octanol–water partition coefficient (Wildman–Crippen LogP) is 4.77. The van der Waals surface area contributed by atoms with Crippen LogP contribution < -0.4 is 25.0 Å². The zero-order valence-corrected chi connectivity index (χ0v) is 18.8. The van der Waals surface area contributed by atoms with Gasteiger partial charge >= 0.3 is 5.97 Å². The molecule has 0 aliphatic heterocycles. The lowest BCUT2D eigenvalue weighted by atomic mass is 10.2. The van der Waals surface area contributed by atoms with Gasteiger partial charge in [0.05, 0.1) is 25.5 Å². The van der Waals surface area contributed by atoms with E-state index in [1.165, 1.54) is 18.3 Å². The number of benzene rings is 3. The van der Waals surface area contributed by atoms with Gasteiger partial charge in [-0.2, -0.15) is 5.10 Å². The lowest BCUT2D eigenvalue weighted by molar-refractivity contribution is 0.0728. The SMILES string of the molecule is CCOc1cc(C=NNC(=S)Nc2ccc(F)cc2)ccc1OC(=O)c1ccc(OC)cc1. The zero-order valence-electron chi connectivity index (χ0n) is 18.0. The van der Waals surface area contributed by atoms with Crippen LogP contribution in [0.1, 0.15) is 22.8 Å². The molecular weight excluding hydrogens is 445 g/mol. The summed E-state index contributed by atoms with van der Waals surface area (Å²) in [6, 6.07) is 17.4. The molecule has 33 heavy (non-hydrogen) atoms. The Hall–Kier alpha value is -3.98. The van der Waals surface area contributed by atoms with Gasteiger partial charge in [0.2, 0.25) is 0 Å². The summed E-state index contributed by atoms with van der Waals surface area (Å²) in [5.41, 5.74) is 4.39. The maximum Gasteiger partial charge on any atom is 0.343 e. The maximum atomic E-state index is 13.0. The topological polar surface area (TPSA) is 81.2 Å². The molecule has 0 aromatic heterocycles. The summed E-state index contributed by atoms with van der Waals surface area (Å²) in [7, 11) is 1.55. The molecule has 7 nitrogen and oxygen atoms in total. The van der Waals surface area contributed by atoms with Gasteiger partial charge in [-0.15, -0.1) is 0 Å². The number of hydrogen-bond donors (Lipinski definition) is 2. The number of thiocarbonyl (C=S) groups is 1. The molecule has 0 atom stereocenters. The maximum absolute atomic E-state index is 13.0. The Morgan fingerprint density at radius 1 is 1.06 bits per heavy atom. The monoisotopic (exact) mass is 467 g/mol. The van der Waals surface area contributed by atoms with Crippen molar-refractivity contribution in [2.75, 3.05) is 19.0 Å². The third-order valence-electron chi connectivity index (χ3n) is 4.28. The van der Waals surface area contributed by atoms with Crippen LogP contribution in [0.5, 0.6) is 17.2 Å². The number of rotatable bonds is 8. The van der Waals surface area contributed by atoms with Gasteiger partial charge in [0.25, 0.3) is 0 Å². The Bertz CT molecular complexity index is 1140. The first-order chi connectivity index (χ1) is 16.0. The molecule has 0 unspecified atom stereocenters. The second-order valence-electron chi connectivity index (χ2n) is 6.59. The minimum Gasteiger partial charge on any atom is -0.497 e. The van der Waals surface area contributed by atoms with E-state index < -0.39 is 5.97 Å². The van der Waals surface area contributed by atoms with Gasteiger partial charge in [-0.25, -0.2) is 9.18 Å². The molecule has 2 N–H and O–H groups in total. The van der Waals surface area contributed by atoms with Gasteiger partial charge in [0.1, 0.15) is 11.6 Å². The van der Waals surface area contributed by atoms with Crippen molar-refractivity contribution in [3.8, 4) is 17.2 Å². The van der Waals surface area contributed by atoms with Gasteiger partial charge in [0.15, 0.2) is 16.6 Å². The molecule has 170 valence electrons. The van der Waals surface area contributed by atoms with Crippen molar-refractivity contribution in [1.29, 1.82) is 0 Å². The average molecular weight is 468 g/mol. The first kappa shape index (κ1) is 23.7. The van der Waals surface area contributed by atoms with Crippen LogP contribution in [0.2, 0.25) is 0 Å². The van der Waals surface area contributed by atoms with Crippen LogP contribution in [0.4, 0.5) is 10.1 Å². The lowest BCUT2D eigenvalue weighted by Gasteiger charge is -2.11. The highest BCUT2D eigenvalue weighted by atomic mass is 32.1. The number of esters is 1. The lowest BCUT2D eigenvalue weighted by Crippen LogP contribution is -2.23.